The second-order valence-corrected chi connectivity index (χ2v) is 5.92. The van der Waals surface area contributed by atoms with Crippen LogP contribution in [0.2, 0.25) is 0 Å². The summed E-state index contributed by atoms with van der Waals surface area (Å²) in [5, 5.41) is 0. The van der Waals surface area contributed by atoms with Crippen LogP contribution in [0.1, 0.15) is 38.5 Å². The quantitative estimate of drug-likeness (QED) is 0.345. The Morgan fingerprint density at radius 3 is 1.14 bits per heavy atom. The number of rotatable bonds is 17. The minimum Gasteiger partial charge on any atom is -0.677 e. The molecule has 0 rings (SSSR count). The molecule has 0 aliphatic rings. The highest BCUT2D eigenvalue weighted by Crippen LogP contribution is 2.02. The smallest absolute Gasteiger partial charge is 0.000671 e. The average Bonchev–Trinajstić information content (AvgIpc) is 2.54. The van der Waals surface area contributed by atoms with Crippen molar-refractivity contribution in [2.45, 2.75) is 38.5 Å². The summed E-state index contributed by atoms with van der Waals surface area (Å²) in [6.45, 7) is 9.35. The molecule has 0 aliphatic carbocycles. The third-order valence-corrected chi connectivity index (χ3v) is 3.89. The molecule has 0 aliphatic heterocycles. The number of unbranched alkanes of at least 4 members (excludes halogenated alkanes) is 1. The lowest BCUT2D eigenvalue weighted by Gasteiger charge is -2.24. The van der Waals surface area contributed by atoms with Crippen molar-refractivity contribution in [1.82, 2.24) is 9.80 Å². The Morgan fingerprint density at radius 2 is 0.818 bits per heavy atom. The molecule has 134 valence electrons. The van der Waals surface area contributed by atoms with Crippen LogP contribution >= 0.6 is 0 Å². The molecular weight excluding hydrogens is 276 g/mol. The first-order chi connectivity index (χ1) is 10.8. The number of nitrogens with two attached hydrogens (primary N) is 3. The average molecular weight is 316 g/mol. The van der Waals surface area contributed by atoms with E-state index in [1.165, 1.54) is 12.8 Å². The van der Waals surface area contributed by atoms with E-state index >= 15 is 0 Å². The molecule has 0 heterocycles. The predicted molar refractivity (Wildman–Crippen MR) is 96.9 cm³/mol. The van der Waals surface area contributed by atoms with Crippen LogP contribution < -0.4 is 17.2 Å². The highest BCUT2D eigenvalue weighted by molar-refractivity contribution is 4.64. The lowest BCUT2D eigenvalue weighted by atomic mass is 10.2. The second-order valence-electron chi connectivity index (χ2n) is 5.92. The van der Waals surface area contributed by atoms with Crippen LogP contribution in [-0.2, 0) is 0 Å². The van der Waals surface area contributed by atoms with Crippen LogP contribution in [0.4, 0.5) is 0 Å². The summed E-state index contributed by atoms with van der Waals surface area (Å²) >= 11 is 0. The van der Waals surface area contributed by atoms with E-state index in [2.05, 4.69) is 9.80 Å². The highest BCUT2D eigenvalue weighted by atomic mass is 15.1. The predicted octanol–water partition coefficient (Wildman–Crippen LogP) is 0.859. The number of hydrogen-bond acceptors (Lipinski definition) is 5. The van der Waals surface area contributed by atoms with Crippen LogP contribution in [0.15, 0.2) is 0 Å². The number of hydrogen-bond donors (Lipinski definition) is 3. The molecule has 7 N–H and O–H groups in total. The second kappa shape index (κ2) is 17.1. The van der Waals surface area contributed by atoms with E-state index in [0.717, 1.165) is 84.6 Å². The van der Waals surface area contributed by atoms with Gasteiger partial charge < -0.3 is 32.7 Å². The Morgan fingerprint density at radius 1 is 0.500 bits per heavy atom. The maximum atomic E-state index is 7.29. The molecule has 22 heavy (non-hydrogen) atoms. The van der Waals surface area contributed by atoms with Crippen molar-refractivity contribution in [3.05, 3.63) is 5.73 Å². The van der Waals surface area contributed by atoms with Crippen molar-refractivity contribution < 1.29 is 0 Å². The Balaban J connectivity index is 3.88. The van der Waals surface area contributed by atoms with Crippen molar-refractivity contribution in [2.24, 2.45) is 17.2 Å². The summed E-state index contributed by atoms with van der Waals surface area (Å²) in [7, 11) is 0. The third kappa shape index (κ3) is 13.4. The Kier molecular flexibility index (Phi) is 16.9. The van der Waals surface area contributed by atoms with E-state index < -0.39 is 0 Å². The lowest BCUT2D eigenvalue weighted by molar-refractivity contribution is 0.238. The zero-order chi connectivity index (χ0) is 16.5. The molecule has 0 saturated carbocycles. The summed E-state index contributed by atoms with van der Waals surface area (Å²) in [6.07, 6.45) is 6.58. The van der Waals surface area contributed by atoms with Crippen molar-refractivity contribution >= 4 is 0 Å². The standard InChI is InChI=1S/C16H39N6/c17-7-3-13-21(14-4-8-18)11-1-2-12-22(15-5-9-19)16-6-10-20/h17H,1-16,18-20H2/q-1. The van der Waals surface area contributed by atoms with Crippen molar-refractivity contribution in [1.29, 1.82) is 0 Å². The molecule has 0 fully saturated rings. The van der Waals surface area contributed by atoms with Gasteiger partial charge in [0.1, 0.15) is 0 Å². The molecule has 0 unspecified atom stereocenters. The zero-order valence-corrected chi connectivity index (χ0v) is 14.4. The lowest BCUT2D eigenvalue weighted by Crippen LogP contribution is -2.32. The van der Waals surface area contributed by atoms with E-state index in [9.17, 15) is 0 Å². The van der Waals surface area contributed by atoms with Gasteiger partial charge in [-0.05, 0) is 91.0 Å². The normalized spacial score (nSPS) is 11.7. The monoisotopic (exact) mass is 315 g/mol. The van der Waals surface area contributed by atoms with Gasteiger partial charge in [-0.2, -0.15) is 0 Å². The van der Waals surface area contributed by atoms with Crippen molar-refractivity contribution in [2.75, 3.05) is 65.4 Å². The first-order valence-corrected chi connectivity index (χ1v) is 8.98. The summed E-state index contributed by atoms with van der Waals surface area (Å²) in [5.41, 5.74) is 24.1. The van der Waals surface area contributed by atoms with Gasteiger partial charge in [0, 0.05) is 0 Å². The Bertz CT molecular complexity index is 177. The molecule has 0 saturated heterocycles. The fourth-order valence-electron chi connectivity index (χ4n) is 2.59. The van der Waals surface area contributed by atoms with E-state index in [1.807, 2.05) is 0 Å². The zero-order valence-electron chi connectivity index (χ0n) is 14.4. The van der Waals surface area contributed by atoms with Gasteiger partial charge in [0.2, 0.25) is 0 Å². The van der Waals surface area contributed by atoms with E-state index in [-0.39, 0.29) is 0 Å². The minimum absolute atomic E-state index is 0.519. The van der Waals surface area contributed by atoms with E-state index in [0.29, 0.717) is 6.54 Å². The summed E-state index contributed by atoms with van der Waals surface area (Å²) in [4.78, 5) is 4.96. The van der Waals surface area contributed by atoms with Crippen LogP contribution in [-0.4, -0.2) is 75.2 Å². The molecule has 0 aromatic rings. The maximum absolute atomic E-state index is 7.29. The first kappa shape index (κ1) is 21.8. The minimum atomic E-state index is 0.519. The fraction of sp³-hybridized carbons (Fsp3) is 1.00. The van der Waals surface area contributed by atoms with E-state index in [4.69, 9.17) is 22.9 Å². The van der Waals surface area contributed by atoms with Crippen molar-refractivity contribution in [3.8, 4) is 0 Å². The summed E-state index contributed by atoms with van der Waals surface area (Å²) in [5.74, 6) is 0. The van der Waals surface area contributed by atoms with Gasteiger partial charge in [0.25, 0.3) is 0 Å². The third-order valence-electron chi connectivity index (χ3n) is 3.89. The largest absolute Gasteiger partial charge is 0.677 e. The molecule has 0 aromatic heterocycles. The molecule has 0 radical (unpaired) electrons. The molecule has 0 amide bonds. The van der Waals surface area contributed by atoms with Gasteiger partial charge in [-0.1, -0.05) is 6.42 Å². The Labute approximate surface area is 137 Å². The van der Waals surface area contributed by atoms with Crippen LogP contribution in [0.3, 0.4) is 0 Å². The molecule has 0 atom stereocenters. The highest BCUT2D eigenvalue weighted by Gasteiger charge is 2.06. The van der Waals surface area contributed by atoms with Crippen molar-refractivity contribution in [3.63, 3.8) is 0 Å². The number of nitrogens with one attached hydrogen (secondary N) is 1. The van der Waals surface area contributed by atoms with Gasteiger partial charge in [0.05, 0.1) is 0 Å². The molecule has 0 spiro atoms. The first-order valence-electron chi connectivity index (χ1n) is 8.98. The summed E-state index contributed by atoms with van der Waals surface area (Å²) < 4.78 is 0. The molecule has 6 nitrogen and oxygen atoms in total. The molecular formula is C16H39N6-. The Hall–Kier alpha value is -0.240. The van der Waals surface area contributed by atoms with Gasteiger partial charge in [-0.15, -0.1) is 6.54 Å². The van der Waals surface area contributed by atoms with Gasteiger partial charge in [0.15, 0.2) is 0 Å². The number of nitrogens with zero attached hydrogens (tertiary/aromatic N) is 2. The van der Waals surface area contributed by atoms with Gasteiger partial charge >= 0.3 is 0 Å². The SMILES string of the molecule is [NH-]CCCN(CCCN)CCCCN(CCCN)CCCN. The fourth-order valence-corrected chi connectivity index (χ4v) is 2.59. The van der Waals surface area contributed by atoms with E-state index in [1.54, 1.807) is 0 Å². The van der Waals surface area contributed by atoms with Gasteiger partial charge in [-0.25, -0.2) is 0 Å². The van der Waals surface area contributed by atoms with Crippen LogP contribution in [0.25, 0.3) is 5.73 Å². The maximum Gasteiger partial charge on any atom is -0.000671 e. The molecule has 0 aromatic carbocycles. The van der Waals surface area contributed by atoms with Crippen LogP contribution in [0.5, 0.6) is 0 Å². The summed E-state index contributed by atoms with van der Waals surface area (Å²) in [6, 6.07) is 0. The molecule has 6 heteroatoms. The van der Waals surface area contributed by atoms with Gasteiger partial charge in [-0.3, -0.25) is 0 Å². The topological polar surface area (TPSA) is 108 Å². The molecule has 0 bridgehead atoms. The van der Waals surface area contributed by atoms with Crippen LogP contribution in [0, 0.1) is 0 Å².